The number of aliphatic hydroxyl groups excluding tert-OH is 1. The van der Waals surface area contributed by atoms with Crippen molar-refractivity contribution in [3.8, 4) is 5.75 Å². The van der Waals surface area contributed by atoms with Gasteiger partial charge in [-0.1, -0.05) is 18.2 Å². The maximum absolute atomic E-state index is 9.86. The molecule has 2 heterocycles. The molecule has 0 aliphatic carbocycles. The molecule has 0 amide bonds. The molecule has 0 radical (unpaired) electrons. The van der Waals surface area contributed by atoms with Crippen molar-refractivity contribution >= 4 is 0 Å². The van der Waals surface area contributed by atoms with E-state index < -0.39 is 0 Å². The second-order valence-electron chi connectivity index (χ2n) is 6.32. The third-order valence-corrected chi connectivity index (χ3v) is 4.72. The van der Waals surface area contributed by atoms with Gasteiger partial charge in [0.1, 0.15) is 5.75 Å². The summed E-state index contributed by atoms with van der Waals surface area (Å²) in [6, 6.07) is 9.35. The highest BCUT2D eigenvalue weighted by Gasteiger charge is 2.38. The van der Waals surface area contributed by atoms with Crippen molar-refractivity contribution in [1.82, 2.24) is 9.80 Å². The van der Waals surface area contributed by atoms with Gasteiger partial charge in [-0.15, -0.1) is 0 Å². The number of aliphatic hydroxyl groups is 1. The van der Waals surface area contributed by atoms with Crippen molar-refractivity contribution < 1.29 is 9.84 Å². The minimum absolute atomic E-state index is 0.141. The highest BCUT2D eigenvalue weighted by Crippen LogP contribution is 2.28. The second kappa shape index (κ2) is 6.34. The highest BCUT2D eigenvalue weighted by molar-refractivity contribution is 5.33. The fourth-order valence-corrected chi connectivity index (χ4v) is 3.65. The van der Waals surface area contributed by atoms with Crippen molar-refractivity contribution in [2.45, 2.75) is 45.0 Å². The van der Waals surface area contributed by atoms with Gasteiger partial charge >= 0.3 is 0 Å². The molecule has 0 saturated carbocycles. The van der Waals surface area contributed by atoms with E-state index in [0.29, 0.717) is 18.7 Å². The van der Waals surface area contributed by atoms with Gasteiger partial charge in [0.15, 0.2) is 0 Å². The normalized spacial score (nSPS) is 30.3. The van der Waals surface area contributed by atoms with Crippen LogP contribution in [-0.2, 0) is 6.54 Å². The predicted molar refractivity (Wildman–Crippen MR) is 83.5 cm³/mol. The molecule has 1 aromatic carbocycles. The molecular formula is C17H26N2O2. The topological polar surface area (TPSA) is 35.9 Å². The molecule has 2 aliphatic rings. The van der Waals surface area contributed by atoms with Gasteiger partial charge in [-0.25, -0.2) is 0 Å². The molecule has 4 heteroatoms. The van der Waals surface area contributed by atoms with Crippen molar-refractivity contribution in [2.75, 3.05) is 26.2 Å². The van der Waals surface area contributed by atoms with Crippen LogP contribution < -0.4 is 4.74 Å². The molecule has 21 heavy (non-hydrogen) atoms. The molecule has 2 saturated heterocycles. The Morgan fingerprint density at radius 1 is 1.24 bits per heavy atom. The summed E-state index contributed by atoms with van der Waals surface area (Å²) in [6.07, 6.45) is 0.772. The summed E-state index contributed by atoms with van der Waals surface area (Å²) in [4.78, 5) is 4.97. The number of benzene rings is 1. The molecule has 3 atom stereocenters. The van der Waals surface area contributed by atoms with Gasteiger partial charge in [0.05, 0.1) is 12.7 Å². The van der Waals surface area contributed by atoms with Crippen LogP contribution in [0.25, 0.3) is 0 Å². The Balaban J connectivity index is 1.70. The zero-order valence-electron chi connectivity index (χ0n) is 13.0. The lowest BCUT2D eigenvalue weighted by Crippen LogP contribution is -2.54. The Morgan fingerprint density at radius 2 is 2.05 bits per heavy atom. The third-order valence-electron chi connectivity index (χ3n) is 4.72. The number of nitrogens with zero attached hydrogens (tertiary/aromatic N) is 2. The Labute approximate surface area is 127 Å². The summed E-state index contributed by atoms with van der Waals surface area (Å²) in [5.74, 6) is 1.00. The lowest BCUT2D eigenvalue weighted by molar-refractivity contribution is 0.0522. The number of ether oxygens (including phenoxy) is 1. The predicted octanol–water partition coefficient (Wildman–Crippen LogP) is 1.72. The van der Waals surface area contributed by atoms with E-state index in [4.69, 9.17) is 4.74 Å². The van der Waals surface area contributed by atoms with Crippen molar-refractivity contribution in [1.29, 1.82) is 0 Å². The van der Waals surface area contributed by atoms with E-state index in [-0.39, 0.29) is 6.10 Å². The Hall–Kier alpha value is -1.10. The molecule has 1 N–H and O–H groups in total. The lowest BCUT2D eigenvalue weighted by atomic mass is 10.1. The van der Waals surface area contributed by atoms with E-state index in [0.717, 1.165) is 38.3 Å². The summed E-state index contributed by atoms with van der Waals surface area (Å²) < 4.78 is 5.74. The van der Waals surface area contributed by atoms with Crippen LogP contribution in [0.2, 0.25) is 0 Å². The molecule has 4 nitrogen and oxygen atoms in total. The average Bonchev–Trinajstić information content (AvgIpc) is 2.81. The van der Waals surface area contributed by atoms with Crippen molar-refractivity contribution in [3.05, 3.63) is 29.8 Å². The van der Waals surface area contributed by atoms with E-state index in [2.05, 4.69) is 34.9 Å². The lowest BCUT2D eigenvalue weighted by Gasteiger charge is -2.42. The van der Waals surface area contributed by atoms with Crippen LogP contribution in [0, 0.1) is 0 Å². The number of hydrogen-bond acceptors (Lipinski definition) is 4. The molecule has 2 aliphatic heterocycles. The smallest absolute Gasteiger partial charge is 0.123 e. The fourth-order valence-electron chi connectivity index (χ4n) is 3.65. The van der Waals surface area contributed by atoms with E-state index in [1.165, 1.54) is 5.56 Å². The van der Waals surface area contributed by atoms with Crippen LogP contribution in [0.3, 0.4) is 0 Å². The Bertz CT molecular complexity index is 480. The minimum atomic E-state index is -0.141. The first-order valence-electron chi connectivity index (χ1n) is 8.04. The summed E-state index contributed by atoms with van der Waals surface area (Å²) in [5, 5.41) is 9.86. The molecule has 3 rings (SSSR count). The molecule has 0 aromatic heterocycles. The van der Waals surface area contributed by atoms with Crippen LogP contribution in [0.4, 0.5) is 0 Å². The number of fused-ring (bicyclic) bond motifs is 1. The quantitative estimate of drug-likeness (QED) is 0.916. The van der Waals surface area contributed by atoms with Crippen LogP contribution in [0.5, 0.6) is 5.75 Å². The van der Waals surface area contributed by atoms with Gasteiger partial charge < -0.3 is 9.84 Å². The minimum Gasteiger partial charge on any atom is -0.494 e. The summed E-state index contributed by atoms with van der Waals surface area (Å²) >= 11 is 0. The van der Waals surface area contributed by atoms with Gasteiger partial charge in [-0.05, 0) is 26.3 Å². The van der Waals surface area contributed by atoms with E-state index in [1.54, 1.807) is 0 Å². The van der Waals surface area contributed by atoms with E-state index >= 15 is 0 Å². The zero-order valence-corrected chi connectivity index (χ0v) is 13.0. The second-order valence-corrected chi connectivity index (χ2v) is 6.32. The largest absolute Gasteiger partial charge is 0.494 e. The molecular weight excluding hydrogens is 264 g/mol. The molecule has 1 aromatic rings. The fraction of sp³-hybridized carbons (Fsp3) is 0.647. The maximum atomic E-state index is 9.86. The van der Waals surface area contributed by atoms with Crippen molar-refractivity contribution in [2.24, 2.45) is 0 Å². The molecule has 0 bridgehead atoms. The number of para-hydroxylation sites is 1. The highest BCUT2D eigenvalue weighted by atomic mass is 16.5. The Kier molecular flexibility index (Phi) is 4.48. The molecule has 0 unspecified atom stereocenters. The first-order chi connectivity index (χ1) is 10.2. The van der Waals surface area contributed by atoms with Crippen LogP contribution >= 0.6 is 0 Å². The van der Waals surface area contributed by atoms with Gasteiger partial charge in [-0.3, -0.25) is 9.80 Å². The number of rotatable bonds is 4. The summed E-state index contributed by atoms with van der Waals surface area (Å²) in [6.45, 7) is 8.88. The van der Waals surface area contributed by atoms with Crippen LogP contribution in [0.15, 0.2) is 24.3 Å². The van der Waals surface area contributed by atoms with Gasteiger partial charge in [-0.2, -0.15) is 0 Å². The van der Waals surface area contributed by atoms with E-state index in [9.17, 15) is 5.11 Å². The monoisotopic (exact) mass is 290 g/mol. The van der Waals surface area contributed by atoms with Gasteiger partial charge in [0, 0.05) is 43.8 Å². The maximum Gasteiger partial charge on any atom is 0.123 e. The molecule has 0 spiro atoms. The first-order valence-corrected chi connectivity index (χ1v) is 8.04. The van der Waals surface area contributed by atoms with Gasteiger partial charge in [0.2, 0.25) is 0 Å². The zero-order chi connectivity index (χ0) is 14.8. The summed E-state index contributed by atoms with van der Waals surface area (Å²) in [5.41, 5.74) is 1.26. The van der Waals surface area contributed by atoms with E-state index in [1.807, 2.05) is 13.0 Å². The molecule has 116 valence electrons. The standard InChI is InChI=1S/C17H26N2O2/c1-3-21-17-7-5-4-6-14(17)10-18-11-15-8-16(20)12-19(15)9-13(18)2/h4-7,13,15-16,20H,3,8-12H2,1-2H3/t13-,15+,16-/m1/s1. The third kappa shape index (κ3) is 3.23. The van der Waals surface area contributed by atoms with Gasteiger partial charge in [0.25, 0.3) is 0 Å². The SMILES string of the molecule is CCOc1ccccc1CN1C[C@@H]2C[C@@H](O)CN2C[C@H]1C. The van der Waals surface area contributed by atoms with Crippen molar-refractivity contribution in [3.63, 3.8) is 0 Å². The van der Waals surface area contributed by atoms with Crippen LogP contribution in [0.1, 0.15) is 25.8 Å². The summed E-state index contributed by atoms with van der Waals surface area (Å²) in [7, 11) is 0. The number of piperazine rings is 1. The first kappa shape index (κ1) is 14.8. The van der Waals surface area contributed by atoms with Crippen LogP contribution in [-0.4, -0.2) is 59.3 Å². The Morgan fingerprint density at radius 3 is 2.86 bits per heavy atom. The number of hydrogen-bond donors (Lipinski definition) is 1. The average molecular weight is 290 g/mol. The molecule has 2 fully saturated rings.